The van der Waals surface area contributed by atoms with Crippen molar-refractivity contribution in [1.29, 1.82) is 0 Å². The van der Waals surface area contributed by atoms with Gasteiger partial charge in [0, 0.05) is 9.79 Å². The number of hydrogen-bond acceptors (Lipinski definition) is 4. The lowest BCUT2D eigenvalue weighted by molar-refractivity contribution is 0.0596. The Balaban J connectivity index is 2.65. The molecular formula is C18H20O3S. The number of rotatable bonds is 4. The van der Waals surface area contributed by atoms with Gasteiger partial charge in [0.15, 0.2) is 0 Å². The van der Waals surface area contributed by atoms with Crippen LogP contribution in [0.25, 0.3) is 0 Å². The number of hydrogen-bond donors (Lipinski definition) is 1. The van der Waals surface area contributed by atoms with E-state index in [-0.39, 0.29) is 11.3 Å². The molecule has 2 aromatic carbocycles. The number of methoxy groups -OCH3 is 1. The molecular weight excluding hydrogens is 296 g/mol. The molecule has 2 aromatic rings. The summed E-state index contributed by atoms with van der Waals surface area (Å²) in [6.07, 6.45) is 0.657. The third kappa shape index (κ3) is 2.97. The second-order valence-electron chi connectivity index (χ2n) is 5.04. The highest BCUT2D eigenvalue weighted by Gasteiger charge is 2.24. The first-order chi connectivity index (χ1) is 10.5. The van der Waals surface area contributed by atoms with E-state index in [4.69, 9.17) is 4.74 Å². The van der Waals surface area contributed by atoms with Crippen molar-refractivity contribution in [1.82, 2.24) is 0 Å². The van der Waals surface area contributed by atoms with Crippen LogP contribution >= 0.6 is 11.8 Å². The van der Waals surface area contributed by atoms with Crippen LogP contribution < -0.4 is 0 Å². The van der Waals surface area contributed by atoms with Crippen molar-refractivity contribution < 1.29 is 14.6 Å². The van der Waals surface area contributed by atoms with Gasteiger partial charge in [0.2, 0.25) is 0 Å². The highest BCUT2D eigenvalue weighted by molar-refractivity contribution is 7.99. The molecule has 0 saturated heterocycles. The van der Waals surface area contributed by atoms with Crippen molar-refractivity contribution in [3.8, 4) is 5.75 Å². The number of aromatic hydroxyl groups is 1. The SMILES string of the molecule is CCc1c(C)c(Sc2ccccc2)c(C)c(C(=O)OC)c1O. The minimum Gasteiger partial charge on any atom is -0.507 e. The molecule has 0 amide bonds. The summed E-state index contributed by atoms with van der Waals surface area (Å²) in [4.78, 5) is 14.1. The number of carbonyl (C=O) groups is 1. The van der Waals surface area contributed by atoms with Gasteiger partial charge in [0.25, 0.3) is 0 Å². The average molecular weight is 316 g/mol. The first kappa shape index (κ1) is 16.4. The maximum atomic E-state index is 12.0. The predicted molar refractivity (Wildman–Crippen MR) is 88.9 cm³/mol. The van der Waals surface area contributed by atoms with Crippen LogP contribution in [-0.4, -0.2) is 18.2 Å². The molecule has 22 heavy (non-hydrogen) atoms. The number of benzene rings is 2. The molecule has 3 nitrogen and oxygen atoms in total. The molecule has 0 unspecified atom stereocenters. The van der Waals surface area contributed by atoms with E-state index >= 15 is 0 Å². The Bertz CT molecular complexity index is 693. The highest BCUT2D eigenvalue weighted by Crippen LogP contribution is 2.41. The van der Waals surface area contributed by atoms with Crippen LogP contribution in [0.1, 0.15) is 34.0 Å². The van der Waals surface area contributed by atoms with Crippen LogP contribution in [0.4, 0.5) is 0 Å². The number of phenolic OH excluding ortho intramolecular Hbond substituents is 1. The number of phenols is 1. The van der Waals surface area contributed by atoms with E-state index in [1.165, 1.54) is 7.11 Å². The van der Waals surface area contributed by atoms with E-state index in [9.17, 15) is 9.90 Å². The third-order valence-corrected chi connectivity index (χ3v) is 5.06. The van der Waals surface area contributed by atoms with Crippen molar-refractivity contribution in [2.24, 2.45) is 0 Å². The molecule has 0 heterocycles. The van der Waals surface area contributed by atoms with Crippen LogP contribution in [0.5, 0.6) is 5.75 Å². The smallest absolute Gasteiger partial charge is 0.341 e. The quantitative estimate of drug-likeness (QED) is 0.843. The lowest BCUT2D eigenvalue weighted by atomic mass is 9.96. The number of carbonyl (C=O) groups excluding carboxylic acids is 1. The zero-order valence-electron chi connectivity index (χ0n) is 13.3. The van der Waals surface area contributed by atoms with Gasteiger partial charge in [-0.15, -0.1) is 0 Å². The summed E-state index contributed by atoms with van der Waals surface area (Å²) in [5.41, 5.74) is 2.83. The van der Waals surface area contributed by atoms with Gasteiger partial charge in [-0.05, 0) is 49.1 Å². The first-order valence-corrected chi connectivity index (χ1v) is 7.99. The summed E-state index contributed by atoms with van der Waals surface area (Å²) in [6, 6.07) is 9.99. The van der Waals surface area contributed by atoms with Crippen molar-refractivity contribution >= 4 is 17.7 Å². The summed E-state index contributed by atoms with van der Waals surface area (Å²) in [5.74, 6) is -0.457. The fourth-order valence-electron chi connectivity index (χ4n) is 2.58. The molecule has 0 aliphatic rings. The van der Waals surface area contributed by atoms with Gasteiger partial charge in [0.05, 0.1) is 7.11 Å². The maximum Gasteiger partial charge on any atom is 0.341 e. The number of esters is 1. The molecule has 0 saturated carbocycles. The second-order valence-corrected chi connectivity index (χ2v) is 6.13. The Hall–Kier alpha value is -1.94. The van der Waals surface area contributed by atoms with Crippen LogP contribution in [0.2, 0.25) is 0 Å². The fraction of sp³-hybridized carbons (Fsp3) is 0.278. The van der Waals surface area contributed by atoms with E-state index in [1.807, 2.05) is 51.1 Å². The van der Waals surface area contributed by atoms with Crippen LogP contribution in [0.15, 0.2) is 40.1 Å². The topological polar surface area (TPSA) is 46.5 Å². The Kier molecular flexibility index (Phi) is 5.14. The van der Waals surface area contributed by atoms with Crippen molar-refractivity contribution in [3.05, 3.63) is 52.6 Å². The predicted octanol–water partition coefficient (Wildman–Crippen LogP) is 4.51. The van der Waals surface area contributed by atoms with Crippen molar-refractivity contribution in [2.45, 2.75) is 37.0 Å². The first-order valence-electron chi connectivity index (χ1n) is 7.17. The van der Waals surface area contributed by atoms with Crippen molar-refractivity contribution in [3.63, 3.8) is 0 Å². The van der Waals surface area contributed by atoms with Gasteiger partial charge >= 0.3 is 5.97 Å². The zero-order chi connectivity index (χ0) is 16.3. The standard InChI is InChI=1S/C18H20O3S/c1-5-14-11(2)17(22-13-9-7-6-8-10-13)12(3)15(16(14)19)18(20)21-4/h6-10,19H,5H2,1-4H3. The third-order valence-electron chi connectivity index (χ3n) is 3.74. The Labute approximate surface area is 135 Å². The Morgan fingerprint density at radius 2 is 1.82 bits per heavy atom. The lowest BCUT2D eigenvalue weighted by Gasteiger charge is -2.19. The Morgan fingerprint density at radius 1 is 1.18 bits per heavy atom. The monoisotopic (exact) mass is 316 g/mol. The van der Waals surface area contributed by atoms with E-state index < -0.39 is 5.97 Å². The molecule has 0 fully saturated rings. The van der Waals surface area contributed by atoms with Crippen molar-refractivity contribution in [2.75, 3.05) is 7.11 Å². The molecule has 0 atom stereocenters. The van der Waals surface area contributed by atoms with Gasteiger partial charge in [0.1, 0.15) is 11.3 Å². The minimum absolute atomic E-state index is 0.0433. The van der Waals surface area contributed by atoms with Gasteiger partial charge < -0.3 is 9.84 Å². The van der Waals surface area contributed by atoms with Crippen LogP contribution in [0, 0.1) is 13.8 Å². The van der Waals surface area contributed by atoms with Gasteiger partial charge in [-0.2, -0.15) is 0 Å². The van der Waals surface area contributed by atoms with Gasteiger partial charge in [-0.25, -0.2) is 4.79 Å². The number of ether oxygens (including phenoxy) is 1. The second kappa shape index (κ2) is 6.88. The molecule has 116 valence electrons. The molecule has 0 spiro atoms. The molecule has 0 aliphatic heterocycles. The fourth-order valence-corrected chi connectivity index (χ4v) is 3.64. The Morgan fingerprint density at radius 3 is 2.36 bits per heavy atom. The van der Waals surface area contributed by atoms with Gasteiger partial charge in [-0.1, -0.05) is 36.9 Å². The molecule has 0 bridgehead atoms. The summed E-state index contributed by atoms with van der Waals surface area (Å²) in [7, 11) is 1.33. The van der Waals surface area contributed by atoms with E-state index in [0.29, 0.717) is 6.42 Å². The molecule has 4 heteroatoms. The molecule has 2 rings (SSSR count). The average Bonchev–Trinajstić information content (AvgIpc) is 2.52. The summed E-state index contributed by atoms with van der Waals surface area (Å²) >= 11 is 1.60. The largest absolute Gasteiger partial charge is 0.507 e. The van der Waals surface area contributed by atoms with Crippen LogP contribution in [0.3, 0.4) is 0 Å². The van der Waals surface area contributed by atoms with E-state index in [2.05, 4.69) is 0 Å². The molecule has 0 aliphatic carbocycles. The zero-order valence-corrected chi connectivity index (χ0v) is 14.1. The summed E-state index contributed by atoms with van der Waals surface area (Å²) in [5, 5.41) is 10.4. The lowest BCUT2D eigenvalue weighted by Crippen LogP contribution is -2.08. The summed E-state index contributed by atoms with van der Waals surface area (Å²) in [6.45, 7) is 5.80. The molecule has 0 aromatic heterocycles. The summed E-state index contributed by atoms with van der Waals surface area (Å²) < 4.78 is 4.83. The van der Waals surface area contributed by atoms with Crippen LogP contribution in [-0.2, 0) is 11.2 Å². The van der Waals surface area contributed by atoms with E-state index in [0.717, 1.165) is 26.5 Å². The normalized spacial score (nSPS) is 10.5. The molecule has 1 N–H and O–H groups in total. The van der Waals surface area contributed by atoms with Gasteiger partial charge in [-0.3, -0.25) is 0 Å². The minimum atomic E-state index is -0.500. The van der Waals surface area contributed by atoms with E-state index in [1.54, 1.807) is 11.8 Å². The molecule has 0 radical (unpaired) electrons. The maximum absolute atomic E-state index is 12.0. The highest BCUT2D eigenvalue weighted by atomic mass is 32.2.